The van der Waals surface area contributed by atoms with Crippen molar-refractivity contribution in [3.8, 4) is 5.75 Å². The molecule has 0 unspecified atom stereocenters. The zero-order valence-electron chi connectivity index (χ0n) is 24.7. The number of phenolic OH excluding ortho intramolecular Hbond substituents is 1. The highest BCUT2D eigenvalue weighted by molar-refractivity contribution is 8.39. The molecule has 0 radical (unpaired) electrons. The van der Waals surface area contributed by atoms with Crippen molar-refractivity contribution in [2.45, 2.75) is 98.3 Å². The number of hydrogen-bond donors (Lipinski definition) is 3. The van der Waals surface area contributed by atoms with Gasteiger partial charge in [0.1, 0.15) is 5.75 Å². The van der Waals surface area contributed by atoms with Crippen molar-refractivity contribution in [2.75, 3.05) is 24.2 Å². The molecule has 1 amide bonds. The molecule has 0 bridgehead atoms. The van der Waals surface area contributed by atoms with Crippen molar-refractivity contribution in [1.82, 2.24) is 4.90 Å². The predicted octanol–water partition coefficient (Wildman–Crippen LogP) is 7.61. The van der Waals surface area contributed by atoms with Gasteiger partial charge in [0, 0.05) is 30.0 Å². The highest BCUT2D eigenvalue weighted by atomic mass is 32.3. The Hall–Kier alpha value is -1.53. The fourth-order valence-corrected chi connectivity index (χ4v) is 8.29. The molecule has 0 atom stereocenters. The Bertz CT molecular complexity index is 1050. The molecular formula is C30H50NO5PS. The Morgan fingerprint density at radius 2 is 1.39 bits per heavy atom. The standard InChI is InChI=1S/C30H50NO5PS/c1-9-38(10-2)19-17-31(16-14-12-11-13-15-18-37(34,35)36)28(33)26(38)22-23-20-24(29(3,4)5)27(32)25(21-23)30(6,7)8/h17,19-22,32H,9-16,18H2,1-8H3,(H2,34,35,36)/b26-22+. The van der Waals surface area contributed by atoms with Crippen LogP contribution in [0.1, 0.15) is 104 Å². The maximum Gasteiger partial charge on any atom is 0.325 e. The summed E-state index contributed by atoms with van der Waals surface area (Å²) < 4.78 is 11.0. The van der Waals surface area contributed by atoms with E-state index >= 15 is 0 Å². The molecule has 216 valence electrons. The third-order valence-electron chi connectivity index (χ3n) is 7.34. The minimum atomic E-state index is -3.91. The lowest BCUT2D eigenvalue weighted by atomic mass is 9.78. The van der Waals surface area contributed by atoms with Crippen LogP contribution < -0.4 is 0 Å². The number of carbonyl (C=O) groups is 1. The number of unbranched alkanes of at least 4 members (excludes halogenated alkanes) is 4. The summed E-state index contributed by atoms with van der Waals surface area (Å²) in [4.78, 5) is 34.6. The van der Waals surface area contributed by atoms with E-state index in [1.165, 1.54) is 0 Å². The Kier molecular flexibility index (Phi) is 11.0. The summed E-state index contributed by atoms with van der Waals surface area (Å²) in [5.74, 6) is 2.22. The summed E-state index contributed by atoms with van der Waals surface area (Å²) in [5.41, 5.74) is 2.25. The Labute approximate surface area is 232 Å². The van der Waals surface area contributed by atoms with Crippen molar-refractivity contribution in [3.05, 3.63) is 45.3 Å². The van der Waals surface area contributed by atoms with E-state index in [1.54, 1.807) is 0 Å². The van der Waals surface area contributed by atoms with Gasteiger partial charge in [-0.3, -0.25) is 9.36 Å². The molecule has 38 heavy (non-hydrogen) atoms. The fourth-order valence-electron chi connectivity index (χ4n) is 4.87. The fraction of sp³-hybridized carbons (Fsp3) is 0.633. The maximum absolute atomic E-state index is 13.9. The zero-order chi connectivity index (χ0) is 28.9. The molecular weight excluding hydrogens is 517 g/mol. The molecule has 3 N–H and O–H groups in total. The van der Waals surface area contributed by atoms with Crippen LogP contribution in [0.5, 0.6) is 5.75 Å². The molecule has 1 aliphatic rings. The number of rotatable bonds is 11. The van der Waals surface area contributed by atoms with Crippen LogP contribution >= 0.6 is 17.6 Å². The van der Waals surface area contributed by atoms with Crippen molar-refractivity contribution < 1.29 is 24.3 Å². The number of carbonyl (C=O) groups excluding carboxylic acids is 1. The smallest absolute Gasteiger partial charge is 0.325 e. The van der Waals surface area contributed by atoms with Crippen LogP contribution in [0, 0.1) is 0 Å². The Morgan fingerprint density at radius 1 is 0.895 bits per heavy atom. The van der Waals surface area contributed by atoms with Crippen molar-refractivity contribution in [3.63, 3.8) is 0 Å². The quantitative estimate of drug-likeness (QED) is 0.145. The summed E-state index contributed by atoms with van der Waals surface area (Å²) in [6.45, 7) is 17.5. The number of phenols is 1. The normalized spacial score (nSPS) is 18.3. The van der Waals surface area contributed by atoms with Crippen LogP contribution in [0.15, 0.2) is 28.6 Å². The average Bonchev–Trinajstić information content (AvgIpc) is 2.79. The lowest BCUT2D eigenvalue weighted by Gasteiger charge is -2.42. The lowest BCUT2D eigenvalue weighted by Crippen LogP contribution is -2.34. The molecule has 2 rings (SSSR count). The second kappa shape index (κ2) is 12.8. The second-order valence-corrected chi connectivity index (χ2v) is 18.0. The third-order valence-corrected chi connectivity index (χ3v) is 12.1. The van der Waals surface area contributed by atoms with Crippen LogP contribution in [0.25, 0.3) is 6.08 Å². The molecule has 8 heteroatoms. The summed E-state index contributed by atoms with van der Waals surface area (Å²) in [5, 5.41) is 13.4. The molecule has 6 nitrogen and oxygen atoms in total. The van der Waals surface area contributed by atoms with Crippen LogP contribution in [-0.2, 0) is 20.2 Å². The maximum atomic E-state index is 13.9. The van der Waals surface area contributed by atoms with Gasteiger partial charge in [0.25, 0.3) is 5.91 Å². The molecule has 0 aromatic heterocycles. The van der Waals surface area contributed by atoms with Gasteiger partial charge in [0.15, 0.2) is 0 Å². The summed E-state index contributed by atoms with van der Waals surface area (Å²) in [6, 6.07) is 4.08. The molecule has 0 saturated carbocycles. The van der Waals surface area contributed by atoms with Crippen molar-refractivity contribution in [2.24, 2.45) is 0 Å². The molecule has 0 spiro atoms. The van der Waals surface area contributed by atoms with Gasteiger partial charge >= 0.3 is 7.60 Å². The predicted molar refractivity (Wildman–Crippen MR) is 163 cm³/mol. The number of amides is 1. The first-order valence-electron chi connectivity index (χ1n) is 13.9. The van der Waals surface area contributed by atoms with Gasteiger partial charge in [0.05, 0.1) is 4.91 Å². The molecule has 0 aliphatic carbocycles. The van der Waals surface area contributed by atoms with Gasteiger partial charge < -0.3 is 19.8 Å². The Balaban J connectivity index is 2.35. The first-order chi connectivity index (χ1) is 17.4. The lowest BCUT2D eigenvalue weighted by molar-refractivity contribution is -0.124. The number of nitrogens with zero attached hydrogens (tertiary/aromatic N) is 1. The largest absolute Gasteiger partial charge is 0.507 e. The van der Waals surface area contributed by atoms with Crippen LogP contribution in [0.4, 0.5) is 0 Å². The van der Waals surface area contributed by atoms with E-state index in [4.69, 9.17) is 9.79 Å². The minimum Gasteiger partial charge on any atom is -0.507 e. The van der Waals surface area contributed by atoms with Crippen molar-refractivity contribution in [1.29, 1.82) is 0 Å². The Morgan fingerprint density at radius 3 is 1.87 bits per heavy atom. The molecule has 0 saturated heterocycles. The first kappa shape index (κ1) is 32.7. The van der Waals surface area contributed by atoms with Crippen LogP contribution in [0.2, 0.25) is 0 Å². The number of aromatic hydroxyl groups is 1. The van der Waals surface area contributed by atoms with Gasteiger partial charge in [-0.25, -0.2) is 0 Å². The van der Waals surface area contributed by atoms with Gasteiger partial charge in [0.2, 0.25) is 0 Å². The number of hydrogen-bond acceptors (Lipinski definition) is 3. The molecule has 1 aromatic rings. The second-order valence-electron chi connectivity index (χ2n) is 12.4. The molecule has 1 heterocycles. The van der Waals surface area contributed by atoms with Gasteiger partial charge in [-0.05, 0) is 64.4 Å². The zero-order valence-corrected chi connectivity index (χ0v) is 26.4. The highest BCUT2D eigenvalue weighted by Crippen LogP contribution is 2.59. The average molecular weight is 568 g/mol. The SMILES string of the molecule is CCS1(CC)C=CN(CCCCCCCP(=O)(O)O)C(=O)/C1=C\c1cc(C(C)(C)C)c(O)c(C(C)(C)C)c1. The third kappa shape index (κ3) is 8.48. The molecule has 1 aliphatic heterocycles. The van der Waals surface area contributed by atoms with Crippen molar-refractivity contribution >= 4 is 29.6 Å². The van der Waals surface area contributed by atoms with E-state index in [-0.39, 0.29) is 22.9 Å². The number of benzene rings is 1. The monoisotopic (exact) mass is 567 g/mol. The van der Waals surface area contributed by atoms with E-state index in [0.29, 0.717) is 18.7 Å². The molecule has 1 aromatic carbocycles. The van der Waals surface area contributed by atoms with E-state index in [9.17, 15) is 14.5 Å². The van der Waals surface area contributed by atoms with Crippen LogP contribution in [-0.4, -0.2) is 49.9 Å². The van der Waals surface area contributed by atoms with Gasteiger partial charge in [-0.2, -0.15) is 10.0 Å². The topological polar surface area (TPSA) is 98.1 Å². The molecule has 0 fully saturated rings. The van der Waals surface area contributed by atoms with E-state index < -0.39 is 17.6 Å². The summed E-state index contributed by atoms with van der Waals surface area (Å²) in [6.07, 6.45) is 7.97. The van der Waals surface area contributed by atoms with Gasteiger partial charge in [-0.15, -0.1) is 0 Å². The van der Waals surface area contributed by atoms with E-state index in [0.717, 1.165) is 58.8 Å². The van der Waals surface area contributed by atoms with Crippen LogP contribution in [0.3, 0.4) is 0 Å². The summed E-state index contributed by atoms with van der Waals surface area (Å²) in [7, 11) is -5.32. The minimum absolute atomic E-state index is 0.0570. The highest BCUT2D eigenvalue weighted by Gasteiger charge is 2.34. The summed E-state index contributed by atoms with van der Waals surface area (Å²) >= 11 is 0. The first-order valence-corrected chi connectivity index (χ1v) is 17.7. The van der Waals surface area contributed by atoms with E-state index in [1.807, 2.05) is 23.2 Å². The van der Waals surface area contributed by atoms with E-state index in [2.05, 4.69) is 66.9 Å². The van der Waals surface area contributed by atoms with Gasteiger partial charge in [-0.1, -0.05) is 74.7 Å².